The number of aryl methyl sites for hydroxylation is 1. The van der Waals surface area contributed by atoms with Crippen LogP contribution in [0.2, 0.25) is 0 Å². The minimum atomic E-state index is -3.60. The Bertz CT molecular complexity index is 808. The molecule has 0 spiro atoms. The molecule has 0 aliphatic carbocycles. The average molecular weight is 426 g/mol. The summed E-state index contributed by atoms with van der Waals surface area (Å²) >= 11 is 0. The first-order valence-corrected chi connectivity index (χ1v) is 11.4. The van der Waals surface area contributed by atoms with Crippen molar-refractivity contribution in [1.29, 1.82) is 0 Å². The van der Waals surface area contributed by atoms with Crippen molar-refractivity contribution in [3.63, 3.8) is 0 Å². The lowest BCUT2D eigenvalue weighted by Gasteiger charge is -2.27. The van der Waals surface area contributed by atoms with Crippen molar-refractivity contribution >= 4 is 21.9 Å². The minimum absolute atomic E-state index is 0.221. The first kappa shape index (κ1) is 23.3. The molecule has 2 atom stereocenters. The van der Waals surface area contributed by atoms with Gasteiger partial charge >= 0.3 is 5.97 Å². The highest BCUT2D eigenvalue weighted by Gasteiger charge is 2.35. The third kappa shape index (κ3) is 6.52. The second-order valence-electron chi connectivity index (χ2n) is 7.93. The third-order valence-electron chi connectivity index (χ3n) is 4.99. The molecule has 29 heavy (non-hydrogen) atoms. The molecule has 0 unspecified atom stereocenters. The Morgan fingerprint density at radius 1 is 1.24 bits per heavy atom. The number of sulfonamides is 1. The van der Waals surface area contributed by atoms with E-state index in [2.05, 4.69) is 10.6 Å². The van der Waals surface area contributed by atoms with E-state index in [1.165, 1.54) is 4.31 Å². The number of aliphatic carboxylic acids is 1. The fraction of sp³-hybridized carbons (Fsp3) is 0.600. The number of nitrogens with zero attached hydrogens (tertiary/aromatic N) is 1. The predicted molar refractivity (Wildman–Crippen MR) is 110 cm³/mol. The molecular formula is C20H31N3O5S. The number of hydrogen-bond acceptors (Lipinski definition) is 5. The highest BCUT2D eigenvalue weighted by atomic mass is 32.2. The number of amides is 1. The highest BCUT2D eigenvalue weighted by molar-refractivity contribution is 7.89. The average Bonchev–Trinajstić information content (AvgIpc) is 3.12. The molecule has 1 aliphatic rings. The monoisotopic (exact) mass is 425 g/mol. The summed E-state index contributed by atoms with van der Waals surface area (Å²) in [7, 11) is -3.60. The van der Waals surface area contributed by atoms with Crippen LogP contribution in [0.1, 0.15) is 38.7 Å². The lowest BCUT2D eigenvalue weighted by Crippen LogP contribution is -2.50. The number of nitrogens with one attached hydrogen (secondary N) is 2. The SMILES string of the molecule is Cc1ccc(S(=O)(=O)N2CCC[C@H]2CN[C@@H](CC(C)C)C(=O)NCC(=O)O)cc1. The van der Waals surface area contributed by atoms with Gasteiger partial charge in [-0.3, -0.25) is 9.59 Å². The van der Waals surface area contributed by atoms with Crippen molar-refractivity contribution < 1.29 is 23.1 Å². The van der Waals surface area contributed by atoms with Gasteiger partial charge in [0.1, 0.15) is 6.54 Å². The predicted octanol–water partition coefficient (Wildman–Crippen LogP) is 1.35. The summed E-state index contributed by atoms with van der Waals surface area (Å²) in [4.78, 5) is 23.3. The maximum Gasteiger partial charge on any atom is 0.322 e. The molecular weight excluding hydrogens is 394 g/mol. The fourth-order valence-electron chi connectivity index (χ4n) is 3.49. The normalized spacial score (nSPS) is 18.7. The van der Waals surface area contributed by atoms with Crippen LogP contribution in [-0.2, 0) is 19.6 Å². The standard InChI is InChI=1S/C20H31N3O5S/c1-14(2)11-18(20(26)22-13-19(24)25)21-12-16-5-4-10-23(16)29(27,28)17-8-6-15(3)7-9-17/h6-9,14,16,18,21H,4-5,10-13H2,1-3H3,(H,22,26)(H,24,25)/t16-,18-/m0/s1. The third-order valence-corrected chi connectivity index (χ3v) is 6.95. The van der Waals surface area contributed by atoms with E-state index in [-0.39, 0.29) is 22.8 Å². The summed E-state index contributed by atoms with van der Waals surface area (Å²) in [5.74, 6) is -1.26. The molecule has 1 aliphatic heterocycles. The Hall–Kier alpha value is -1.97. The molecule has 0 bridgehead atoms. The van der Waals surface area contributed by atoms with Gasteiger partial charge in [-0.15, -0.1) is 0 Å². The van der Waals surface area contributed by atoms with Crippen LogP contribution in [0, 0.1) is 12.8 Å². The maximum atomic E-state index is 13.0. The van der Waals surface area contributed by atoms with Crippen LogP contribution in [0.3, 0.4) is 0 Å². The van der Waals surface area contributed by atoms with Crippen molar-refractivity contribution in [2.24, 2.45) is 5.92 Å². The van der Waals surface area contributed by atoms with Gasteiger partial charge in [-0.2, -0.15) is 4.31 Å². The summed E-state index contributed by atoms with van der Waals surface area (Å²) in [6.45, 7) is 6.20. The maximum absolute atomic E-state index is 13.0. The summed E-state index contributed by atoms with van der Waals surface area (Å²) < 4.78 is 27.6. The lowest BCUT2D eigenvalue weighted by molar-refractivity contribution is -0.138. The summed E-state index contributed by atoms with van der Waals surface area (Å²) in [6, 6.07) is 5.98. The van der Waals surface area contributed by atoms with Crippen LogP contribution in [0.5, 0.6) is 0 Å². The van der Waals surface area contributed by atoms with E-state index >= 15 is 0 Å². The first-order valence-electron chi connectivity index (χ1n) is 9.92. The van der Waals surface area contributed by atoms with Crippen LogP contribution >= 0.6 is 0 Å². The number of carboxylic acids is 1. The second kappa shape index (κ2) is 10.2. The van der Waals surface area contributed by atoms with Gasteiger partial charge < -0.3 is 15.7 Å². The van der Waals surface area contributed by atoms with Gasteiger partial charge in [0, 0.05) is 19.1 Å². The van der Waals surface area contributed by atoms with Crippen LogP contribution in [0.4, 0.5) is 0 Å². The number of carbonyl (C=O) groups excluding carboxylic acids is 1. The molecule has 1 aromatic rings. The molecule has 1 amide bonds. The van der Waals surface area contributed by atoms with E-state index in [0.29, 0.717) is 25.9 Å². The molecule has 1 saturated heterocycles. The number of rotatable bonds is 10. The van der Waals surface area contributed by atoms with Crippen molar-refractivity contribution in [3.05, 3.63) is 29.8 Å². The Morgan fingerprint density at radius 3 is 2.48 bits per heavy atom. The largest absolute Gasteiger partial charge is 0.480 e. The van der Waals surface area contributed by atoms with Crippen LogP contribution in [-0.4, -0.2) is 61.4 Å². The highest BCUT2D eigenvalue weighted by Crippen LogP contribution is 2.26. The Morgan fingerprint density at radius 2 is 1.90 bits per heavy atom. The molecule has 3 N–H and O–H groups in total. The van der Waals surface area contributed by atoms with Gasteiger partial charge in [0.25, 0.3) is 0 Å². The number of benzene rings is 1. The smallest absolute Gasteiger partial charge is 0.322 e. The van der Waals surface area contributed by atoms with Gasteiger partial charge in [0.05, 0.1) is 10.9 Å². The number of carboxylic acid groups (broad SMARTS) is 1. The second-order valence-corrected chi connectivity index (χ2v) is 9.82. The van der Waals surface area contributed by atoms with Crippen molar-refractivity contribution in [2.75, 3.05) is 19.6 Å². The molecule has 0 aromatic heterocycles. The Labute approximate surface area is 172 Å². The van der Waals surface area contributed by atoms with Gasteiger partial charge in [-0.05, 0) is 44.2 Å². The van der Waals surface area contributed by atoms with Crippen LogP contribution in [0.15, 0.2) is 29.2 Å². The molecule has 8 nitrogen and oxygen atoms in total. The first-order chi connectivity index (χ1) is 13.6. The molecule has 1 heterocycles. The molecule has 162 valence electrons. The lowest BCUT2D eigenvalue weighted by atomic mass is 10.0. The van der Waals surface area contributed by atoms with E-state index in [1.54, 1.807) is 24.3 Å². The quantitative estimate of drug-likeness (QED) is 0.521. The van der Waals surface area contributed by atoms with Crippen molar-refractivity contribution in [3.8, 4) is 0 Å². The molecule has 1 fully saturated rings. The fourth-order valence-corrected chi connectivity index (χ4v) is 5.19. The molecule has 2 rings (SSSR count). The van der Waals surface area contributed by atoms with Crippen LogP contribution in [0.25, 0.3) is 0 Å². The molecule has 1 aromatic carbocycles. The summed E-state index contributed by atoms with van der Waals surface area (Å²) in [5.41, 5.74) is 0.993. The van der Waals surface area contributed by atoms with E-state index < -0.39 is 28.6 Å². The zero-order valence-electron chi connectivity index (χ0n) is 17.2. The van der Waals surface area contributed by atoms with Gasteiger partial charge in [0.15, 0.2) is 0 Å². The van der Waals surface area contributed by atoms with E-state index in [1.807, 2.05) is 20.8 Å². The zero-order chi connectivity index (χ0) is 21.6. The molecule has 0 saturated carbocycles. The summed E-state index contributed by atoms with van der Waals surface area (Å²) in [6.07, 6.45) is 2.00. The zero-order valence-corrected chi connectivity index (χ0v) is 18.0. The number of carbonyl (C=O) groups is 2. The van der Waals surface area contributed by atoms with Gasteiger partial charge in [-0.25, -0.2) is 8.42 Å². The molecule has 9 heteroatoms. The number of hydrogen-bond donors (Lipinski definition) is 3. The Kier molecular flexibility index (Phi) is 8.18. The van der Waals surface area contributed by atoms with E-state index in [9.17, 15) is 18.0 Å². The van der Waals surface area contributed by atoms with Gasteiger partial charge in [0.2, 0.25) is 15.9 Å². The topological polar surface area (TPSA) is 116 Å². The van der Waals surface area contributed by atoms with Crippen LogP contribution < -0.4 is 10.6 Å². The molecule has 0 radical (unpaired) electrons. The van der Waals surface area contributed by atoms with Gasteiger partial charge in [-0.1, -0.05) is 31.5 Å². The van der Waals surface area contributed by atoms with E-state index in [4.69, 9.17) is 5.11 Å². The minimum Gasteiger partial charge on any atom is -0.480 e. The van der Waals surface area contributed by atoms with Crippen molar-refractivity contribution in [2.45, 2.75) is 57.0 Å². The Balaban J connectivity index is 2.06. The van der Waals surface area contributed by atoms with Crippen molar-refractivity contribution in [1.82, 2.24) is 14.9 Å². The van der Waals surface area contributed by atoms with E-state index in [0.717, 1.165) is 12.0 Å². The summed E-state index contributed by atoms with van der Waals surface area (Å²) in [5, 5.41) is 14.3.